The minimum absolute atomic E-state index is 0.887. The number of para-hydroxylation sites is 2. The lowest BCUT2D eigenvalue weighted by molar-refractivity contribution is 0.487. The second-order valence-corrected chi connectivity index (χ2v) is 13.3. The first-order valence-corrected chi connectivity index (χ1v) is 17.8. The second kappa shape index (κ2) is 12.5. The molecule has 0 unspecified atom stereocenters. The third-order valence-electron chi connectivity index (χ3n) is 10.2. The highest BCUT2D eigenvalue weighted by molar-refractivity contribution is 6.07. The quantitative estimate of drug-likeness (QED) is 0.176. The summed E-state index contributed by atoms with van der Waals surface area (Å²) >= 11 is 0. The highest BCUT2D eigenvalue weighted by atomic mass is 16.5. The molecule has 9 aromatic carbocycles. The van der Waals surface area contributed by atoms with Crippen LogP contribution in [0.5, 0.6) is 11.5 Å². The molecule has 0 bridgehead atoms. The van der Waals surface area contributed by atoms with E-state index in [1.54, 1.807) is 0 Å². The number of nitrogens with zero attached hydrogens (tertiary/aromatic N) is 1. The summed E-state index contributed by atoms with van der Waals surface area (Å²) in [6, 6.07) is 71.8. The van der Waals surface area contributed by atoms with Crippen molar-refractivity contribution < 1.29 is 4.74 Å². The molecular formula is C50H33NO. The maximum atomic E-state index is 6.38. The van der Waals surface area contributed by atoms with E-state index in [0.29, 0.717) is 0 Å². The Labute approximate surface area is 303 Å². The highest BCUT2D eigenvalue weighted by Gasteiger charge is 2.23. The molecule has 0 aromatic heterocycles. The van der Waals surface area contributed by atoms with Gasteiger partial charge in [-0.2, -0.15) is 0 Å². The van der Waals surface area contributed by atoms with Crippen molar-refractivity contribution in [3.63, 3.8) is 0 Å². The average Bonchev–Trinajstić information content (AvgIpc) is 3.22. The van der Waals surface area contributed by atoms with Crippen molar-refractivity contribution in [1.82, 2.24) is 0 Å². The van der Waals surface area contributed by atoms with Crippen LogP contribution in [0.15, 0.2) is 200 Å². The molecule has 0 fully saturated rings. The van der Waals surface area contributed by atoms with E-state index < -0.39 is 0 Å². The molecule has 10 rings (SSSR count). The zero-order valence-corrected chi connectivity index (χ0v) is 28.4. The van der Waals surface area contributed by atoms with Crippen LogP contribution in [0.25, 0.3) is 66.1 Å². The molecule has 1 heterocycles. The van der Waals surface area contributed by atoms with Gasteiger partial charge in [0.25, 0.3) is 0 Å². The van der Waals surface area contributed by atoms with Gasteiger partial charge in [0.2, 0.25) is 0 Å². The van der Waals surface area contributed by atoms with Gasteiger partial charge in [0.1, 0.15) is 11.5 Å². The number of hydrogen-bond acceptors (Lipinski definition) is 2. The van der Waals surface area contributed by atoms with Crippen LogP contribution >= 0.6 is 0 Å². The van der Waals surface area contributed by atoms with Crippen LogP contribution in [0.3, 0.4) is 0 Å². The molecule has 52 heavy (non-hydrogen) atoms. The number of fused-ring (bicyclic) bond motifs is 3. The van der Waals surface area contributed by atoms with E-state index in [2.05, 4.69) is 199 Å². The number of ether oxygens (including phenoxy) is 1. The molecule has 0 amide bonds. The van der Waals surface area contributed by atoms with Gasteiger partial charge >= 0.3 is 0 Å². The fourth-order valence-corrected chi connectivity index (χ4v) is 7.81. The summed E-state index contributed by atoms with van der Waals surface area (Å²) in [6.45, 7) is 0. The normalized spacial score (nSPS) is 11.6. The van der Waals surface area contributed by atoms with E-state index >= 15 is 0 Å². The SMILES string of the molecule is c1ccc(-c2ccc(N(c3cccc(-c4cccc5ccccc45)c3)c3ccccc3-c3cc4c5c(cccc5c3)Oc3ccccc3-4)cc2)cc1. The van der Waals surface area contributed by atoms with Crippen molar-refractivity contribution in [2.24, 2.45) is 0 Å². The van der Waals surface area contributed by atoms with E-state index in [1.807, 2.05) is 6.07 Å². The summed E-state index contributed by atoms with van der Waals surface area (Å²) in [4.78, 5) is 2.40. The molecule has 0 saturated carbocycles. The first-order valence-electron chi connectivity index (χ1n) is 17.8. The average molecular weight is 664 g/mol. The predicted octanol–water partition coefficient (Wildman–Crippen LogP) is 14.2. The van der Waals surface area contributed by atoms with Gasteiger partial charge in [-0.3, -0.25) is 0 Å². The van der Waals surface area contributed by atoms with Crippen molar-refractivity contribution in [3.8, 4) is 56.0 Å². The van der Waals surface area contributed by atoms with Gasteiger partial charge in [-0.25, -0.2) is 0 Å². The molecule has 0 N–H and O–H groups in total. The topological polar surface area (TPSA) is 12.5 Å². The first kappa shape index (κ1) is 30.0. The number of hydrogen-bond donors (Lipinski definition) is 0. The molecule has 0 radical (unpaired) electrons. The monoisotopic (exact) mass is 663 g/mol. The molecule has 244 valence electrons. The fourth-order valence-electron chi connectivity index (χ4n) is 7.81. The Kier molecular flexibility index (Phi) is 7.18. The molecule has 2 heteroatoms. The summed E-state index contributed by atoms with van der Waals surface area (Å²) in [5.41, 5.74) is 12.7. The molecular weight excluding hydrogens is 631 g/mol. The van der Waals surface area contributed by atoms with Crippen molar-refractivity contribution in [2.75, 3.05) is 4.90 Å². The van der Waals surface area contributed by atoms with E-state index in [-0.39, 0.29) is 0 Å². The van der Waals surface area contributed by atoms with Crippen LogP contribution in [-0.4, -0.2) is 0 Å². The Morgan fingerprint density at radius 2 is 0.962 bits per heavy atom. The van der Waals surface area contributed by atoms with E-state index in [4.69, 9.17) is 4.74 Å². The third kappa shape index (κ3) is 5.12. The van der Waals surface area contributed by atoms with Gasteiger partial charge in [-0.15, -0.1) is 0 Å². The van der Waals surface area contributed by atoms with Crippen LogP contribution in [0, 0.1) is 0 Å². The van der Waals surface area contributed by atoms with Crippen molar-refractivity contribution in [1.29, 1.82) is 0 Å². The van der Waals surface area contributed by atoms with Gasteiger partial charge < -0.3 is 9.64 Å². The maximum absolute atomic E-state index is 6.38. The molecule has 0 atom stereocenters. The summed E-state index contributed by atoms with van der Waals surface area (Å²) in [6.07, 6.45) is 0. The lowest BCUT2D eigenvalue weighted by atomic mass is 9.90. The molecule has 0 aliphatic carbocycles. The van der Waals surface area contributed by atoms with Crippen LogP contribution < -0.4 is 9.64 Å². The summed E-state index contributed by atoms with van der Waals surface area (Å²) in [7, 11) is 0. The summed E-state index contributed by atoms with van der Waals surface area (Å²) in [5.74, 6) is 1.79. The molecule has 0 spiro atoms. The molecule has 0 saturated heterocycles. The zero-order chi connectivity index (χ0) is 34.4. The Morgan fingerprint density at radius 3 is 1.87 bits per heavy atom. The Morgan fingerprint density at radius 1 is 0.327 bits per heavy atom. The van der Waals surface area contributed by atoms with E-state index in [9.17, 15) is 0 Å². The predicted molar refractivity (Wildman–Crippen MR) is 218 cm³/mol. The van der Waals surface area contributed by atoms with Crippen LogP contribution in [0.2, 0.25) is 0 Å². The highest BCUT2D eigenvalue weighted by Crippen LogP contribution is 2.49. The maximum Gasteiger partial charge on any atom is 0.135 e. The van der Waals surface area contributed by atoms with Gasteiger partial charge in [0.15, 0.2) is 0 Å². The summed E-state index contributed by atoms with van der Waals surface area (Å²) < 4.78 is 6.38. The Balaban J connectivity index is 1.18. The molecule has 1 aliphatic heterocycles. The van der Waals surface area contributed by atoms with E-state index in [0.717, 1.165) is 56.0 Å². The van der Waals surface area contributed by atoms with Gasteiger partial charge in [0.05, 0.1) is 5.69 Å². The number of anilines is 3. The van der Waals surface area contributed by atoms with Crippen molar-refractivity contribution >= 4 is 38.6 Å². The van der Waals surface area contributed by atoms with Gasteiger partial charge in [-0.1, -0.05) is 146 Å². The van der Waals surface area contributed by atoms with Crippen LogP contribution in [0.4, 0.5) is 17.1 Å². The largest absolute Gasteiger partial charge is 0.456 e. The third-order valence-corrected chi connectivity index (χ3v) is 10.2. The number of rotatable bonds is 6. The minimum atomic E-state index is 0.887. The zero-order valence-electron chi connectivity index (χ0n) is 28.4. The first-order chi connectivity index (χ1) is 25.8. The lowest BCUT2D eigenvalue weighted by Gasteiger charge is -2.29. The standard InChI is InChI=1S/C50H33NO/c1-2-13-34(14-3-1)35-27-29-40(30-28-35)51(41-19-10-17-37(32-41)43-23-11-16-36-15-4-5-20-42(36)43)47-24-8-6-21-44(47)39-31-38-18-12-26-49-50(38)46(33-39)45-22-7-9-25-48(45)52-49/h1-33H. The number of benzene rings is 9. The van der Waals surface area contributed by atoms with Gasteiger partial charge in [-0.05, 0) is 104 Å². The summed E-state index contributed by atoms with van der Waals surface area (Å²) in [5, 5.41) is 4.79. The van der Waals surface area contributed by atoms with Crippen molar-refractivity contribution in [2.45, 2.75) is 0 Å². The Hall–Kier alpha value is -6.90. The fraction of sp³-hybridized carbons (Fsp3) is 0. The van der Waals surface area contributed by atoms with Gasteiger partial charge in [0, 0.05) is 27.9 Å². The van der Waals surface area contributed by atoms with Crippen LogP contribution in [-0.2, 0) is 0 Å². The minimum Gasteiger partial charge on any atom is -0.456 e. The molecule has 2 nitrogen and oxygen atoms in total. The molecule has 1 aliphatic rings. The molecule has 9 aromatic rings. The van der Waals surface area contributed by atoms with Crippen LogP contribution in [0.1, 0.15) is 0 Å². The Bertz CT molecular complexity index is 2760. The smallest absolute Gasteiger partial charge is 0.135 e. The van der Waals surface area contributed by atoms with E-state index in [1.165, 1.54) is 38.6 Å². The second-order valence-electron chi connectivity index (χ2n) is 13.3. The lowest BCUT2D eigenvalue weighted by Crippen LogP contribution is -2.11. The van der Waals surface area contributed by atoms with Crippen molar-refractivity contribution in [3.05, 3.63) is 200 Å².